The molecule has 1 aliphatic carbocycles. The third-order valence-corrected chi connectivity index (χ3v) is 4.51. The maximum absolute atomic E-state index is 12.0. The highest BCUT2D eigenvalue weighted by Gasteiger charge is 2.31. The lowest BCUT2D eigenvalue weighted by Gasteiger charge is -2.21. The maximum atomic E-state index is 12.0. The third kappa shape index (κ3) is 3.48. The highest BCUT2D eigenvalue weighted by Crippen LogP contribution is 2.41. The van der Waals surface area contributed by atoms with E-state index in [1.54, 1.807) is 36.2 Å². The number of methoxy groups -OCH3 is 2. The fourth-order valence-corrected chi connectivity index (χ4v) is 2.78. The number of hydrogen-bond donors (Lipinski definition) is 0. The molecule has 1 fully saturated rings. The molecular weight excluding hydrogens is 358 g/mol. The largest absolute Gasteiger partial charge is 0.465 e. The molecular formula is C18H18ClN3O4. The quantitative estimate of drug-likeness (QED) is 0.741. The first-order valence-corrected chi connectivity index (χ1v) is 8.42. The summed E-state index contributed by atoms with van der Waals surface area (Å²) in [5, 5.41) is 0.126. The fraction of sp³-hybridized carbons (Fsp3) is 0.333. The van der Waals surface area contributed by atoms with Crippen LogP contribution in [0.5, 0.6) is 0 Å². The van der Waals surface area contributed by atoms with Gasteiger partial charge in [-0.2, -0.15) is 0 Å². The van der Waals surface area contributed by atoms with Crippen LogP contribution in [0.25, 0.3) is 0 Å². The van der Waals surface area contributed by atoms with Crippen molar-refractivity contribution < 1.29 is 19.1 Å². The molecule has 1 aromatic carbocycles. The second-order valence-electron chi connectivity index (χ2n) is 5.93. The van der Waals surface area contributed by atoms with Crippen molar-refractivity contribution in [3.05, 3.63) is 46.4 Å². The van der Waals surface area contributed by atoms with Crippen molar-refractivity contribution >= 4 is 35.0 Å². The van der Waals surface area contributed by atoms with Crippen molar-refractivity contribution in [3.8, 4) is 0 Å². The molecule has 1 aromatic heterocycles. The Morgan fingerprint density at radius 3 is 2.23 bits per heavy atom. The minimum Gasteiger partial charge on any atom is -0.465 e. The van der Waals surface area contributed by atoms with Gasteiger partial charge < -0.3 is 14.4 Å². The van der Waals surface area contributed by atoms with Crippen LogP contribution in [0.15, 0.2) is 24.3 Å². The molecule has 0 N–H and O–H groups in total. The fourth-order valence-electron chi connectivity index (χ4n) is 2.49. The van der Waals surface area contributed by atoms with Gasteiger partial charge >= 0.3 is 11.9 Å². The van der Waals surface area contributed by atoms with Crippen LogP contribution in [0.3, 0.4) is 0 Å². The number of carbonyl (C=O) groups is 2. The van der Waals surface area contributed by atoms with E-state index in [1.165, 1.54) is 14.2 Å². The molecule has 1 heterocycles. The molecule has 8 heteroatoms. The first-order valence-electron chi connectivity index (χ1n) is 8.04. The summed E-state index contributed by atoms with van der Waals surface area (Å²) in [5.41, 5.74) is 1.24. The maximum Gasteiger partial charge on any atom is 0.358 e. The lowest BCUT2D eigenvalue weighted by molar-refractivity contribution is 0.0587. The lowest BCUT2D eigenvalue weighted by Crippen LogP contribution is -2.17. The molecule has 136 valence electrons. The lowest BCUT2D eigenvalue weighted by atomic mass is 10.2. The Kier molecular flexibility index (Phi) is 5.08. The van der Waals surface area contributed by atoms with Crippen molar-refractivity contribution in [1.82, 2.24) is 9.97 Å². The highest BCUT2D eigenvalue weighted by atomic mass is 35.5. The van der Waals surface area contributed by atoms with Gasteiger partial charge in [0, 0.05) is 18.7 Å². The third-order valence-electron chi connectivity index (χ3n) is 4.17. The Hall–Kier alpha value is -2.67. The molecule has 7 nitrogen and oxygen atoms in total. The Morgan fingerprint density at radius 1 is 1.08 bits per heavy atom. The second-order valence-corrected chi connectivity index (χ2v) is 6.31. The number of aromatic nitrogens is 2. The average molecular weight is 376 g/mol. The monoisotopic (exact) mass is 375 g/mol. The van der Waals surface area contributed by atoms with Crippen LogP contribution in [-0.4, -0.2) is 43.2 Å². The van der Waals surface area contributed by atoms with Gasteiger partial charge in [-0.3, -0.25) is 0 Å². The molecule has 0 spiro atoms. The summed E-state index contributed by atoms with van der Waals surface area (Å²) >= 11 is 6.39. The summed E-state index contributed by atoms with van der Waals surface area (Å²) in [6.07, 6.45) is 1.97. The summed E-state index contributed by atoms with van der Waals surface area (Å²) in [7, 11) is 4.39. The molecule has 2 aromatic rings. The van der Waals surface area contributed by atoms with E-state index < -0.39 is 11.9 Å². The molecule has 0 radical (unpaired) electrons. The van der Waals surface area contributed by atoms with Crippen LogP contribution < -0.4 is 4.90 Å². The summed E-state index contributed by atoms with van der Waals surface area (Å²) in [6.45, 7) is 0. The zero-order valence-electron chi connectivity index (χ0n) is 14.7. The molecule has 0 aliphatic heterocycles. The van der Waals surface area contributed by atoms with Gasteiger partial charge in [0.15, 0.2) is 11.5 Å². The van der Waals surface area contributed by atoms with Crippen molar-refractivity contribution in [2.24, 2.45) is 0 Å². The SMILES string of the molecule is COC(=O)c1ccc(N(C)c2nc(C3CC3)nc(C(=O)OC)c2Cl)cc1. The van der Waals surface area contributed by atoms with Gasteiger partial charge in [0.25, 0.3) is 0 Å². The number of carbonyl (C=O) groups excluding carboxylic acids is 2. The topological polar surface area (TPSA) is 81.6 Å². The van der Waals surface area contributed by atoms with Crippen molar-refractivity contribution in [3.63, 3.8) is 0 Å². The van der Waals surface area contributed by atoms with Crippen LogP contribution in [0.1, 0.15) is 45.4 Å². The number of hydrogen-bond acceptors (Lipinski definition) is 7. The molecule has 26 heavy (non-hydrogen) atoms. The van der Waals surface area contributed by atoms with Gasteiger partial charge in [-0.05, 0) is 37.1 Å². The number of ether oxygens (including phenoxy) is 2. The summed E-state index contributed by atoms with van der Waals surface area (Å²) in [6, 6.07) is 6.80. The van der Waals surface area contributed by atoms with Crippen molar-refractivity contribution in [1.29, 1.82) is 0 Å². The van der Waals surface area contributed by atoms with E-state index in [4.69, 9.17) is 21.1 Å². The van der Waals surface area contributed by atoms with Crippen LogP contribution in [0.2, 0.25) is 5.02 Å². The normalized spacial score (nSPS) is 13.2. The highest BCUT2D eigenvalue weighted by molar-refractivity contribution is 6.35. The summed E-state index contributed by atoms with van der Waals surface area (Å²) in [4.78, 5) is 34.2. The average Bonchev–Trinajstić information content (AvgIpc) is 3.51. The first kappa shape index (κ1) is 18.1. The molecule has 0 bridgehead atoms. The minimum absolute atomic E-state index is 0.0547. The van der Waals surface area contributed by atoms with Gasteiger partial charge in [0.05, 0.1) is 19.8 Å². The molecule has 1 saturated carbocycles. The van der Waals surface area contributed by atoms with E-state index in [-0.39, 0.29) is 16.6 Å². The Morgan fingerprint density at radius 2 is 1.69 bits per heavy atom. The van der Waals surface area contributed by atoms with Gasteiger partial charge in [-0.25, -0.2) is 19.6 Å². The molecule has 0 atom stereocenters. The summed E-state index contributed by atoms with van der Waals surface area (Å²) < 4.78 is 9.48. The van der Waals surface area contributed by atoms with Crippen molar-refractivity contribution in [2.75, 3.05) is 26.2 Å². The van der Waals surface area contributed by atoms with Gasteiger partial charge in [0.1, 0.15) is 10.8 Å². The number of benzene rings is 1. The Balaban J connectivity index is 2.00. The number of nitrogens with zero attached hydrogens (tertiary/aromatic N) is 3. The molecule has 1 aliphatic rings. The Bertz CT molecular complexity index is 850. The minimum atomic E-state index is -0.602. The van der Waals surface area contributed by atoms with E-state index >= 15 is 0 Å². The number of halogens is 1. The van der Waals surface area contributed by atoms with E-state index in [9.17, 15) is 9.59 Å². The Labute approximate surface area is 155 Å². The molecule has 0 unspecified atom stereocenters. The second kappa shape index (κ2) is 7.29. The number of anilines is 2. The van der Waals surface area contributed by atoms with Crippen LogP contribution in [0, 0.1) is 0 Å². The van der Waals surface area contributed by atoms with Gasteiger partial charge in [-0.15, -0.1) is 0 Å². The standard InChI is InChI=1S/C18H18ClN3O4/c1-22(12-8-6-11(7-9-12)17(23)25-2)16-13(19)14(18(24)26-3)20-15(21-16)10-4-5-10/h6-10H,4-5H2,1-3H3. The first-order chi connectivity index (χ1) is 12.5. The van der Waals surface area contributed by atoms with Crippen LogP contribution in [-0.2, 0) is 9.47 Å². The van der Waals surface area contributed by atoms with Crippen molar-refractivity contribution in [2.45, 2.75) is 18.8 Å². The van der Waals surface area contributed by atoms with E-state index in [1.807, 2.05) is 0 Å². The van der Waals surface area contributed by atoms with E-state index in [0.29, 0.717) is 17.2 Å². The molecule has 3 rings (SSSR count). The van der Waals surface area contributed by atoms with Gasteiger partial charge in [0.2, 0.25) is 0 Å². The van der Waals surface area contributed by atoms with Crippen LogP contribution >= 0.6 is 11.6 Å². The zero-order chi connectivity index (χ0) is 18.8. The van der Waals surface area contributed by atoms with E-state index in [0.717, 1.165) is 18.5 Å². The molecule has 0 amide bonds. The number of rotatable bonds is 5. The van der Waals surface area contributed by atoms with E-state index in [2.05, 4.69) is 9.97 Å². The van der Waals surface area contributed by atoms with Crippen LogP contribution in [0.4, 0.5) is 11.5 Å². The van der Waals surface area contributed by atoms with Gasteiger partial charge in [-0.1, -0.05) is 11.6 Å². The molecule has 0 saturated heterocycles. The zero-order valence-corrected chi connectivity index (χ0v) is 15.4. The predicted molar refractivity (Wildman–Crippen MR) is 96.2 cm³/mol. The number of esters is 2. The summed E-state index contributed by atoms with van der Waals surface area (Å²) in [5.74, 6) is 0.223. The predicted octanol–water partition coefficient (Wildman–Crippen LogP) is 3.35. The smallest absolute Gasteiger partial charge is 0.358 e.